The number of carbonyl (C=O) groups is 1. The molecule has 1 atom stereocenters. The predicted molar refractivity (Wildman–Crippen MR) is 115 cm³/mol. The van der Waals surface area contributed by atoms with Gasteiger partial charge < -0.3 is 14.7 Å². The second kappa shape index (κ2) is 8.24. The molecule has 10 heteroatoms. The molecule has 0 unspecified atom stereocenters. The fraction of sp³-hybridized carbons (Fsp3) is 0.381. The van der Waals surface area contributed by atoms with Crippen LogP contribution in [0.15, 0.2) is 36.7 Å². The van der Waals surface area contributed by atoms with E-state index in [0.717, 1.165) is 12.0 Å². The Labute approximate surface area is 184 Å². The second-order valence-corrected chi connectivity index (χ2v) is 8.50. The smallest absolute Gasteiger partial charge is 0.362 e. The Balaban J connectivity index is 1.52. The third-order valence-electron chi connectivity index (χ3n) is 5.38. The number of nitrogens with zero attached hydrogens (tertiary/aromatic N) is 6. The van der Waals surface area contributed by atoms with Gasteiger partial charge in [0.2, 0.25) is 0 Å². The Morgan fingerprint density at radius 1 is 1.32 bits per heavy atom. The van der Waals surface area contributed by atoms with Crippen LogP contribution in [0.4, 0.5) is 5.82 Å². The summed E-state index contributed by atoms with van der Waals surface area (Å²) in [5.74, 6) is 0.103. The van der Waals surface area contributed by atoms with E-state index in [1.807, 2.05) is 18.1 Å². The quantitative estimate of drug-likeness (QED) is 0.601. The van der Waals surface area contributed by atoms with E-state index in [4.69, 9.17) is 16.3 Å². The van der Waals surface area contributed by atoms with E-state index in [-0.39, 0.29) is 22.5 Å². The van der Waals surface area contributed by atoms with Gasteiger partial charge in [0.25, 0.3) is 0 Å². The highest BCUT2D eigenvalue weighted by Gasteiger charge is 2.34. The minimum atomic E-state index is -0.783. The average Bonchev–Trinajstić information content (AvgIpc) is 3.39. The van der Waals surface area contributed by atoms with Gasteiger partial charge in [-0.05, 0) is 32.4 Å². The molecule has 3 aromatic rings. The number of hydrogen-bond donors (Lipinski definition) is 1. The maximum absolute atomic E-state index is 12.7. The third kappa shape index (κ3) is 4.67. The van der Waals surface area contributed by atoms with Crippen molar-refractivity contribution in [2.45, 2.75) is 25.9 Å². The Hall–Kier alpha value is -3.04. The lowest BCUT2D eigenvalue weighted by molar-refractivity contribution is 0.0263. The van der Waals surface area contributed by atoms with Gasteiger partial charge in [0.1, 0.15) is 5.69 Å². The van der Waals surface area contributed by atoms with Crippen molar-refractivity contribution >= 4 is 23.4 Å². The number of hydrogen-bond acceptors (Lipinski definition) is 8. The molecule has 0 aliphatic carbocycles. The SMILES string of the molecule is Cn1cc(-c2cccc(C(=O)Oc3cc(N4CC[C@@H](C(C)(C)O)C4)nnc3Cl)n2)cn1. The number of aromatic nitrogens is 5. The predicted octanol–water partition coefficient (Wildman–Crippen LogP) is 2.74. The first-order valence-electron chi connectivity index (χ1n) is 9.89. The Bertz CT molecular complexity index is 1110. The first-order chi connectivity index (χ1) is 14.7. The van der Waals surface area contributed by atoms with E-state index in [1.165, 1.54) is 0 Å². The normalized spacial score (nSPS) is 16.5. The highest BCUT2D eigenvalue weighted by molar-refractivity contribution is 6.30. The second-order valence-electron chi connectivity index (χ2n) is 8.14. The zero-order valence-electron chi connectivity index (χ0n) is 17.5. The van der Waals surface area contributed by atoms with Gasteiger partial charge in [-0.2, -0.15) is 5.10 Å². The molecule has 1 aliphatic heterocycles. The molecule has 0 saturated carbocycles. The van der Waals surface area contributed by atoms with E-state index in [0.29, 0.717) is 24.6 Å². The molecule has 0 radical (unpaired) electrons. The maximum atomic E-state index is 12.7. The lowest BCUT2D eigenvalue weighted by Gasteiger charge is -2.25. The van der Waals surface area contributed by atoms with E-state index in [2.05, 4.69) is 20.3 Å². The summed E-state index contributed by atoms with van der Waals surface area (Å²) in [5.41, 5.74) is 0.754. The van der Waals surface area contributed by atoms with Crippen LogP contribution in [0.1, 0.15) is 30.8 Å². The van der Waals surface area contributed by atoms with Crippen molar-refractivity contribution in [3.8, 4) is 17.0 Å². The van der Waals surface area contributed by atoms with E-state index < -0.39 is 11.6 Å². The molecule has 1 N–H and O–H groups in total. The minimum Gasteiger partial charge on any atom is -0.418 e. The van der Waals surface area contributed by atoms with Crippen LogP contribution in [0.25, 0.3) is 11.3 Å². The standard InChI is InChI=1S/C21H23ClN6O3/c1-21(2,30)14-7-8-28(12-14)18-9-17(19(22)26-25-18)31-20(29)16-6-4-5-15(24-16)13-10-23-27(3)11-13/h4-6,9-11,14,30H,7-8,12H2,1-3H3/t14-/m1/s1. The molecule has 4 rings (SSSR count). The number of anilines is 1. The first-order valence-corrected chi connectivity index (χ1v) is 10.3. The van der Waals surface area contributed by atoms with Crippen LogP contribution in [-0.4, -0.2) is 54.7 Å². The van der Waals surface area contributed by atoms with Crippen LogP contribution in [0, 0.1) is 5.92 Å². The van der Waals surface area contributed by atoms with Crippen molar-refractivity contribution < 1.29 is 14.6 Å². The molecule has 3 aromatic heterocycles. The van der Waals surface area contributed by atoms with Crippen LogP contribution < -0.4 is 9.64 Å². The first kappa shape index (κ1) is 21.2. The largest absolute Gasteiger partial charge is 0.418 e. The summed E-state index contributed by atoms with van der Waals surface area (Å²) in [5, 5.41) is 22.4. The number of pyridine rings is 1. The molecule has 4 heterocycles. The summed E-state index contributed by atoms with van der Waals surface area (Å²) < 4.78 is 7.15. The maximum Gasteiger partial charge on any atom is 0.362 e. The van der Waals surface area contributed by atoms with Gasteiger partial charge >= 0.3 is 5.97 Å². The summed E-state index contributed by atoms with van der Waals surface area (Å²) in [6.45, 7) is 4.94. The summed E-state index contributed by atoms with van der Waals surface area (Å²) in [6.07, 6.45) is 4.31. The zero-order chi connectivity index (χ0) is 22.2. The summed E-state index contributed by atoms with van der Waals surface area (Å²) in [6, 6.07) is 6.68. The van der Waals surface area contributed by atoms with Crippen molar-refractivity contribution in [3.05, 3.63) is 47.5 Å². The number of aliphatic hydroxyl groups is 1. The number of carbonyl (C=O) groups excluding carboxylic acids is 1. The van der Waals surface area contributed by atoms with Gasteiger partial charge in [-0.1, -0.05) is 17.7 Å². The van der Waals surface area contributed by atoms with Crippen molar-refractivity contribution in [1.82, 2.24) is 25.0 Å². The molecule has 0 spiro atoms. The van der Waals surface area contributed by atoms with Crippen LogP contribution in [0.5, 0.6) is 5.75 Å². The van der Waals surface area contributed by atoms with E-state index in [9.17, 15) is 9.90 Å². The van der Waals surface area contributed by atoms with Gasteiger partial charge in [-0.15, -0.1) is 10.2 Å². The van der Waals surface area contributed by atoms with Crippen molar-refractivity contribution in [1.29, 1.82) is 0 Å². The molecule has 1 fully saturated rings. The van der Waals surface area contributed by atoms with Crippen LogP contribution in [0.2, 0.25) is 5.15 Å². The summed E-state index contributed by atoms with van der Waals surface area (Å²) in [4.78, 5) is 19.1. The van der Waals surface area contributed by atoms with Crippen molar-refractivity contribution in [2.75, 3.05) is 18.0 Å². The molecule has 162 valence electrons. The van der Waals surface area contributed by atoms with Crippen molar-refractivity contribution in [3.63, 3.8) is 0 Å². The van der Waals surface area contributed by atoms with Crippen LogP contribution in [-0.2, 0) is 7.05 Å². The molecule has 1 saturated heterocycles. The Kier molecular flexibility index (Phi) is 5.63. The molecule has 0 bridgehead atoms. The molecular formula is C21H23ClN6O3. The van der Waals surface area contributed by atoms with Crippen LogP contribution in [0.3, 0.4) is 0 Å². The average molecular weight is 443 g/mol. The Morgan fingerprint density at radius 3 is 2.81 bits per heavy atom. The zero-order valence-corrected chi connectivity index (χ0v) is 18.2. The number of ether oxygens (including phenoxy) is 1. The summed E-state index contributed by atoms with van der Waals surface area (Å²) >= 11 is 6.12. The minimum absolute atomic E-state index is 0.0150. The lowest BCUT2D eigenvalue weighted by Crippen LogP contribution is -2.33. The Morgan fingerprint density at radius 2 is 2.13 bits per heavy atom. The lowest BCUT2D eigenvalue weighted by atomic mass is 9.90. The van der Waals surface area contributed by atoms with Gasteiger partial charge in [0.15, 0.2) is 16.7 Å². The topological polar surface area (TPSA) is 106 Å². The molecular weight excluding hydrogens is 420 g/mol. The van der Waals surface area contributed by atoms with Crippen molar-refractivity contribution in [2.24, 2.45) is 13.0 Å². The molecule has 0 aromatic carbocycles. The molecule has 1 aliphatic rings. The fourth-order valence-electron chi connectivity index (χ4n) is 3.54. The number of esters is 1. The van der Waals surface area contributed by atoms with Gasteiger partial charge in [0, 0.05) is 43.9 Å². The van der Waals surface area contributed by atoms with Gasteiger partial charge in [-0.3, -0.25) is 4.68 Å². The fourth-order valence-corrected chi connectivity index (χ4v) is 3.67. The summed E-state index contributed by atoms with van der Waals surface area (Å²) in [7, 11) is 1.81. The van der Waals surface area contributed by atoms with Gasteiger partial charge in [0.05, 0.1) is 17.5 Å². The molecule has 9 nitrogen and oxygen atoms in total. The van der Waals surface area contributed by atoms with E-state index in [1.54, 1.807) is 49.0 Å². The van der Waals surface area contributed by atoms with Crippen LogP contribution >= 0.6 is 11.6 Å². The highest BCUT2D eigenvalue weighted by Crippen LogP contribution is 2.32. The van der Waals surface area contributed by atoms with Gasteiger partial charge in [-0.25, -0.2) is 9.78 Å². The van der Waals surface area contributed by atoms with E-state index >= 15 is 0 Å². The molecule has 0 amide bonds. The molecule has 31 heavy (non-hydrogen) atoms. The third-order valence-corrected chi connectivity index (χ3v) is 5.64. The monoisotopic (exact) mass is 442 g/mol. The number of halogens is 1. The number of rotatable bonds is 5. The highest BCUT2D eigenvalue weighted by atomic mass is 35.5. The number of aryl methyl sites for hydroxylation is 1.